The Balaban J connectivity index is 1.27. The maximum absolute atomic E-state index is 3.55. The molecule has 41 heavy (non-hydrogen) atoms. The van der Waals surface area contributed by atoms with E-state index in [1.807, 2.05) is 0 Å². The standard InChI is InChI=1S/C38H25N3/c1-2-10-28(11-3-1)40-35-15-7-5-13-30(35)38-24-27-22-25(19-21-34(27)41(38)37-17-9-8-16-36(37)40)26-18-20-33-31(23-26)29-12-4-6-14-32(29)39-33/h1-24,39H. The molecule has 0 aliphatic carbocycles. The third kappa shape index (κ3) is 3.26. The number of benzene rings is 6. The fourth-order valence-corrected chi connectivity index (χ4v) is 6.59. The SMILES string of the molecule is c1ccc(N2c3ccccc3-c3cc4cc(-c5ccc6[nH]c7ccccc7c6c5)ccc4n3-c3ccccc32)cc1. The van der Waals surface area contributed by atoms with Crippen LogP contribution in [0.1, 0.15) is 0 Å². The van der Waals surface area contributed by atoms with Crippen molar-refractivity contribution in [3.05, 3.63) is 146 Å². The maximum Gasteiger partial charge on any atom is 0.0702 e. The molecule has 1 aliphatic heterocycles. The molecular formula is C38H25N3. The normalized spacial score (nSPS) is 12.3. The zero-order valence-corrected chi connectivity index (χ0v) is 22.3. The molecule has 192 valence electrons. The number of nitrogens with zero attached hydrogens (tertiary/aromatic N) is 2. The second kappa shape index (κ2) is 8.48. The summed E-state index contributed by atoms with van der Waals surface area (Å²) in [6, 6.07) is 52.7. The minimum Gasteiger partial charge on any atom is -0.355 e. The molecule has 0 fully saturated rings. The second-order valence-corrected chi connectivity index (χ2v) is 10.7. The zero-order chi connectivity index (χ0) is 26.9. The summed E-state index contributed by atoms with van der Waals surface area (Å²) in [7, 11) is 0. The van der Waals surface area contributed by atoms with Gasteiger partial charge < -0.3 is 14.5 Å². The van der Waals surface area contributed by atoms with E-state index in [9.17, 15) is 0 Å². The lowest BCUT2D eigenvalue weighted by atomic mass is 10.0. The van der Waals surface area contributed by atoms with Gasteiger partial charge in [-0.25, -0.2) is 0 Å². The molecule has 3 heteroatoms. The van der Waals surface area contributed by atoms with Gasteiger partial charge in [-0.15, -0.1) is 0 Å². The van der Waals surface area contributed by atoms with Crippen LogP contribution < -0.4 is 4.90 Å². The Morgan fingerprint density at radius 3 is 2.05 bits per heavy atom. The molecule has 9 rings (SSSR count). The molecule has 1 aliphatic rings. The first-order chi connectivity index (χ1) is 20.3. The first-order valence-corrected chi connectivity index (χ1v) is 14.0. The van der Waals surface area contributed by atoms with Gasteiger partial charge >= 0.3 is 0 Å². The van der Waals surface area contributed by atoms with E-state index in [1.54, 1.807) is 0 Å². The van der Waals surface area contributed by atoms with Gasteiger partial charge in [0.1, 0.15) is 0 Å². The highest BCUT2D eigenvalue weighted by molar-refractivity contribution is 6.09. The average Bonchev–Trinajstić information content (AvgIpc) is 3.57. The summed E-state index contributed by atoms with van der Waals surface area (Å²) in [5, 5.41) is 3.75. The van der Waals surface area contributed by atoms with Gasteiger partial charge in [-0.3, -0.25) is 0 Å². The topological polar surface area (TPSA) is 24.0 Å². The molecule has 0 radical (unpaired) electrons. The third-order valence-electron chi connectivity index (χ3n) is 8.44. The molecule has 0 saturated carbocycles. The highest BCUT2D eigenvalue weighted by Crippen LogP contribution is 2.48. The van der Waals surface area contributed by atoms with E-state index in [-0.39, 0.29) is 0 Å². The van der Waals surface area contributed by atoms with Crippen molar-refractivity contribution in [2.75, 3.05) is 4.90 Å². The van der Waals surface area contributed by atoms with Crippen LogP contribution in [0.5, 0.6) is 0 Å². The van der Waals surface area contributed by atoms with Crippen LogP contribution in [0.15, 0.2) is 146 Å². The number of fused-ring (bicyclic) bond motifs is 10. The molecule has 6 aromatic carbocycles. The minimum atomic E-state index is 1.15. The number of anilines is 3. The van der Waals surface area contributed by atoms with Crippen molar-refractivity contribution in [1.29, 1.82) is 0 Å². The van der Waals surface area contributed by atoms with Gasteiger partial charge in [-0.05, 0) is 77.9 Å². The van der Waals surface area contributed by atoms with Crippen LogP contribution in [0.25, 0.3) is 60.8 Å². The number of rotatable bonds is 2. The summed E-state index contributed by atoms with van der Waals surface area (Å²) in [5.74, 6) is 0. The van der Waals surface area contributed by atoms with E-state index >= 15 is 0 Å². The Kier molecular flexibility index (Phi) is 4.61. The molecule has 0 atom stereocenters. The van der Waals surface area contributed by atoms with Crippen LogP contribution in [-0.2, 0) is 0 Å². The van der Waals surface area contributed by atoms with Crippen LogP contribution in [0.3, 0.4) is 0 Å². The number of hydrogen-bond donors (Lipinski definition) is 1. The van der Waals surface area contributed by atoms with Crippen molar-refractivity contribution in [1.82, 2.24) is 9.55 Å². The summed E-state index contributed by atoms with van der Waals surface area (Å²) >= 11 is 0. The molecule has 0 spiro atoms. The van der Waals surface area contributed by atoms with E-state index in [1.165, 1.54) is 66.5 Å². The number of H-pyrrole nitrogens is 1. The van der Waals surface area contributed by atoms with Gasteiger partial charge in [0.25, 0.3) is 0 Å². The molecule has 2 aromatic heterocycles. The molecule has 3 heterocycles. The smallest absolute Gasteiger partial charge is 0.0702 e. The molecule has 0 saturated heterocycles. The summed E-state index contributed by atoms with van der Waals surface area (Å²) in [4.78, 5) is 5.94. The zero-order valence-electron chi connectivity index (χ0n) is 22.3. The highest BCUT2D eigenvalue weighted by Gasteiger charge is 2.27. The Morgan fingerprint density at radius 2 is 1.15 bits per heavy atom. The quantitative estimate of drug-likeness (QED) is 0.239. The predicted molar refractivity (Wildman–Crippen MR) is 172 cm³/mol. The summed E-state index contributed by atoms with van der Waals surface area (Å²) in [5.41, 5.74) is 13.1. The Bertz CT molecular complexity index is 2270. The predicted octanol–water partition coefficient (Wildman–Crippen LogP) is 10.4. The van der Waals surface area contributed by atoms with Crippen molar-refractivity contribution in [2.24, 2.45) is 0 Å². The fraction of sp³-hybridized carbons (Fsp3) is 0. The minimum absolute atomic E-state index is 1.15. The van der Waals surface area contributed by atoms with Gasteiger partial charge in [-0.1, -0.05) is 78.9 Å². The van der Waals surface area contributed by atoms with E-state index in [0.717, 1.165) is 11.4 Å². The highest BCUT2D eigenvalue weighted by atomic mass is 15.2. The third-order valence-corrected chi connectivity index (χ3v) is 8.44. The van der Waals surface area contributed by atoms with Gasteiger partial charge in [0, 0.05) is 38.4 Å². The van der Waals surface area contributed by atoms with Crippen molar-refractivity contribution >= 4 is 49.8 Å². The van der Waals surface area contributed by atoms with Crippen LogP contribution in [-0.4, -0.2) is 9.55 Å². The van der Waals surface area contributed by atoms with E-state index < -0.39 is 0 Å². The van der Waals surface area contributed by atoms with Crippen molar-refractivity contribution < 1.29 is 0 Å². The van der Waals surface area contributed by atoms with Gasteiger partial charge in [0.15, 0.2) is 0 Å². The number of aromatic nitrogens is 2. The Hall–Kier alpha value is -5.54. The van der Waals surface area contributed by atoms with Gasteiger partial charge in [-0.2, -0.15) is 0 Å². The molecule has 0 bridgehead atoms. The maximum atomic E-state index is 3.55. The van der Waals surface area contributed by atoms with Gasteiger partial charge in [0.2, 0.25) is 0 Å². The lowest BCUT2D eigenvalue weighted by Crippen LogP contribution is -2.11. The molecule has 0 amide bonds. The van der Waals surface area contributed by atoms with Crippen molar-refractivity contribution in [3.8, 4) is 28.1 Å². The molecule has 8 aromatic rings. The Morgan fingerprint density at radius 1 is 0.463 bits per heavy atom. The second-order valence-electron chi connectivity index (χ2n) is 10.7. The molecule has 1 N–H and O–H groups in total. The van der Waals surface area contributed by atoms with Gasteiger partial charge in [0.05, 0.1) is 28.3 Å². The van der Waals surface area contributed by atoms with E-state index in [2.05, 4.69) is 160 Å². The van der Waals surface area contributed by atoms with Crippen LogP contribution in [0.2, 0.25) is 0 Å². The Labute approximate surface area is 237 Å². The molecular weight excluding hydrogens is 498 g/mol. The lowest BCUT2D eigenvalue weighted by Gasteiger charge is -2.26. The first kappa shape index (κ1) is 22.3. The summed E-state index contributed by atoms with van der Waals surface area (Å²) in [6.45, 7) is 0. The fourth-order valence-electron chi connectivity index (χ4n) is 6.59. The summed E-state index contributed by atoms with van der Waals surface area (Å²) in [6.07, 6.45) is 0. The lowest BCUT2D eigenvalue weighted by molar-refractivity contribution is 1.14. The van der Waals surface area contributed by atoms with Crippen LogP contribution in [0, 0.1) is 0 Å². The van der Waals surface area contributed by atoms with Crippen LogP contribution >= 0.6 is 0 Å². The largest absolute Gasteiger partial charge is 0.355 e. The number of aromatic amines is 1. The number of para-hydroxylation sites is 5. The monoisotopic (exact) mass is 523 g/mol. The first-order valence-electron chi connectivity index (χ1n) is 14.0. The number of nitrogens with one attached hydrogen (secondary N) is 1. The van der Waals surface area contributed by atoms with E-state index in [0.29, 0.717) is 0 Å². The summed E-state index contributed by atoms with van der Waals surface area (Å²) < 4.78 is 2.43. The molecule has 3 nitrogen and oxygen atoms in total. The number of hydrogen-bond acceptors (Lipinski definition) is 1. The van der Waals surface area contributed by atoms with Crippen molar-refractivity contribution in [2.45, 2.75) is 0 Å². The van der Waals surface area contributed by atoms with Crippen LogP contribution in [0.4, 0.5) is 17.1 Å². The van der Waals surface area contributed by atoms with E-state index in [4.69, 9.17) is 0 Å². The average molecular weight is 524 g/mol. The van der Waals surface area contributed by atoms with Crippen molar-refractivity contribution in [3.63, 3.8) is 0 Å². The molecule has 0 unspecified atom stereocenters.